The van der Waals surface area contributed by atoms with Crippen molar-refractivity contribution < 1.29 is 9.72 Å². The number of hydrogen-bond donors (Lipinski definition) is 0. The zero-order valence-corrected chi connectivity index (χ0v) is 19.3. The number of amides is 1. The maximum absolute atomic E-state index is 12.9. The van der Waals surface area contributed by atoms with E-state index in [-0.39, 0.29) is 11.6 Å². The Morgan fingerprint density at radius 1 is 0.848 bits per heavy atom. The minimum Gasteiger partial charge on any atom is -0.352 e. The Morgan fingerprint density at radius 2 is 1.55 bits per heavy atom. The molecule has 0 N–H and O–H groups in total. The molecule has 170 valence electrons. The number of aryl methyl sites for hydroxylation is 4. The fourth-order valence-electron chi connectivity index (χ4n) is 4.19. The zero-order chi connectivity index (χ0) is 23.7. The van der Waals surface area contributed by atoms with Gasteiger partial charge in [0.05, 0.1) is 10.6 Å². The number of rotatable bonds is 4. The molecule has 0 aliphatic carbocycles. The Bertz CT molecular complexity index is 1220. The van der Waals surface area contributed by atoms with Crippen LogP contribution in [0.3, 0.4) is 0 Å². The summed E-state index contributed by atoms with van der Waals surface area (Å²) in [6.45, 7) is 10.3. The van der Waals surface area contributed by atoms with Gasteiger partial charge in [0.1, 0.15) is 0 Å². The smallest absolute Gasteiger partial charge is 0.272 e. The van der Waals surface area contributed by atoms with Gasteiger partial charge in [-0.15, -0.1) is 10.2 Å². The summed E-state index contributed by atoms with van der Waals surface area (Å²) in [5, 5.41) is 19.9. The van der Waals surface area contributed by atoms with Crippen LogP contribution in [0.2, 0.25) is 0 Å². The molecule has 0 atom stereocenters. The molecule has 1 amide bonds. The number of anilines is 1. The molecule has 33 heavy (non-hydrogen) atoms. The van der Waals surface area contributed by atoms with Gasteiger partial charge in [-0.2, -0.15) is 0 Å². The first-order valence-corrected chi connectivity index (χ1v) is 11.0. The number of carbonyl (C=O) groups is 1. The van der Waals surface area contributed by atoms with Crippen LogP contribution in [0.5, 0.6) is 0 Å². The highest BCUT2D eigenvalue weighted by Crippen LogP contribution is 2.26. The lowest BCUT2D eigenvalue weighted by atomic mass is 9.99. The molecule has 1 aliphatic rings. The second-order valence-corrected chi connectivity index (χ2v) is 8.57. The van der Waals surface area contributed by atoms with E-state index in [1.54, 1.807) is 17.9 Å². The highest BCUT2D eigenvalue weighted by Gasteiger charge is 2.24. The van der Waals surface area contributed by atoms with Gasteiger partial charge in [-0.1, -0.05) is 6.07 Å². The predicted molar refractivity (Wildman–Crippen MR) is 128 cm³/mol. The van der Waals surface area contributed by atoms with E-state index in [4.69, 9.17) is 0 Å². The maximum Gasteiger partial charge on any atom is 0.272 e. The van der Waals surface area contributed by atoms with Crippen LogP contribution in [0.1, 0.15) is 32.6 Å². The van der Waals surface area contributed by atoms with Crippen LogP contribution < -0.4 is 4.90 Å². The molecule has 1 aliphatic heterocycles. The van der Waals surface area contributed by atoms with Gasteiger partial charge in [0.2, 0.25) is 0 Å². The van der Waals surface area contributed by atoms with Crippen molar-refractivity contribution in [1.29, 1.82) is 0 Å². The summed E-state index contributed by atoms with van der Waals surface area (Å²) in [5.74, 6) is 0.679. The van der Waals surface area contributed by atoms with Gasteiger partial charge < -0.3 is 9.80 Å². The summed E-state index contributed by atoms with van der Waals surface area (Å²) in [6.07, 6.45) is 0. The van der Waals surface area contributed by atoms with Gasteiger partial charge in [0.25, 0.3) is 11.6 Å². The average Bonchev–Trinajstić information content (AvgIpc) is 2.81. The Hall–Kier alpha value is -3.81. The number of carbonyl (C=O) groups excluding carboxylic acids is 1. The third kappa shape index (κ3) is 4.55. The largest absolute Gasteiger partial charge is 0.352 e. The number of nitro benzene ring substituents is 1. The topological polar surface area (TPSA) is 92.5 Å². The van der Waals surface area contributed by atoms with Crippen LogP contribution >= 0.6 is 0 Å². The third-order valence-corrected chi connectivity index (χ3v) is 6.30. The van der Waals surface area contributed by atoms with Crippen molar-refractivity contribution in [3.05, 3.63) is 80.4 Å². The molecule has 0 radical (unpaired) electrons. The van der Waals surface area contributed by atoms with Crippen molar-refractivity contribution in [2.45, 2.75) is 27.7 Å². The number of nitro groups is 1. The molecule has 0 bridgehead atoms. The van der Waals surface area contributed by atoms with Gasteiger partial charge in [0.15, 0.2) is 5.82 Å². The highest BCUT2D eigenvalue weighted by molar-refractivity contribution is 5.95. The second-order valence-electron chi connectivity index (χ2n) is 8.57. The SMILES string of the molecule is Cc1cc(C)c(-c2ccc(N3CCN(C(=O)c4ccc([N+](=O)[O-])c(C)c4)CC3)nn2)cc1C. The zero-order valence-electron chi connectivity index (χ0n) is 19.3. The number of piperazine rings is 1. The van der Waals surface area contributed by atoms with E-state index in [9.17, 15) is 14.9 Å². The fraction of sp³-hybridized carbons (Fsp3) is 0.320. The minimum atomic E-state index is -0.435. The lowest BCUT2D eigenvalue weighted by Gasteiger charge is -2.35. The first-order chi connectivity index (χ1) is 15.7. The molecule has 1 fully saturated rings. The van der Waals surface area contributed by atoms with Crippen molar-refractivity contribution in [1.82, 2.24) is 15.1 Å². The van der Waals surface area contributed by atoms with Crippen LogP contribution in [0, 0.1) is 37.8 Å². The Kier molecular flexibility index (Phi) is 6.09. The van der Waals surface area contributed by atoms with E-state index in [1.807, 2.05) is 12.1 Å². The quantitative estimate of drug-likeness (QED) is 0.440. The summed E-state index contributed by atoms with van der Waals surface area (Å²) in [4.78, 5) is 27.3. The molecule has 0 saturated carbocycles. The van der Waals surface area contributed by atoms with E-state index >= 15 is 0 Å². The fourth-order valence-corrected chi connectivity index (χ4v) is 4.19. The minimum absolute atomic E-state index is 0.0226. The number of nitrogens with zero attached hydrogens (tertiary/aromatic N) is 5. The van der Waals surface area contributed by atoms with Gasteiger partial charge in [-0.25, -0.2) is 0 Å². The lowest BCUT2D eigenvalue weighted by Crippen LogP contribution is -2.49. The van der Waals surface area contributed by atoms with E-state index in [0.717, 1.165) is 17.1 Å². The van der Waals surface area contributed by atoms with Crippen LogP contribution in [0.15, 0.2) is 42.5 Å². The van der Waals surface area contributed by atoms with Crippen LogP contribution in [-0.2, 0) is 0 Å². The third-order valence-electron chi connectivity index (χ3n) is 6.30. The van der Waals surface area contributed by atoms with Crippen molar-refractivity contribution in [3.63, 3.8) is 0 Å². The Labute approximate surface area is 193 Å². The molecule has 0 spiro atoms. The monoisotopic (exact) mass is 445 g/mol. The summed E-state index contributed by atoms with van der Waals surface area (Å²) in [7, 11) is 0. The van der Waals surface area contributed by atoms with E-state index in [1.165, 1.54) is 28.8 Å². The van der Waals surface area contributed by atoms with E-state index in [0.29, 0.717) is 37.3 Å². The van der Waals surface area contributed by atoms with Crippen molar-refractivity contribution in [3.8, 4) is 11.3 Å². The van der Waals surface area contributed by atoms with E-state index in [2.05, 4.69) is 48.0 Å². The molecule has 2 heterocycles. The van der Waals surface area contributed by atoms with Gasteiger partial charge in [-0.3, -0.25) is 14.9 Å². The second kappa shape index (κ2) is 8.97. The van der Waals surface area contributed by atoms with Crippen molar-refractivity contribution >= 4 is 17.4 Å². The molecule has 8 nitrogen and oxygen atoms in total. The van der Waals surface area contributed by atoms with Gasteiger partial charge in [-0.05, 0) is 74.7 Å². The molecule has 4 rings (SSSR count). The first kappa shape index (κ1) is 22.4. The summed E-state index contributed by atoms with van der Waals surface area (Å²) < 4.78 is 0. The predicted octanol–water partition coefficient (Wildman–Crippen LogP) is 4.25. The van der Waals surface area contributed by atoms with Crippen LogP contribution in [-0.4, -0.2) is 52.1 Å². The molecule has 2 aromatic carbocycles. The van der Waals surface area contributed by atoms with Crippen LogP contribution in [0.25, 0.3) is 11.3 Å². The standard InChI is InChI=1S/C25H27N5O3/c1-16-13-18(3)21(15-17(16)2)22-6-8-24(27-26-22)28-9-11-29(12-10-28)25(31)20-5-7-23(30(32)33)19(4)14-20/h5-8,13-15H,9-12H2,1-4H3. The van der Waals surface area contributed by atoms with Crippen molar-refractivity contribution in [2.75, 3.05) is 31.1 Å². The van der Waals surface area contributed by atoms with Crippen LogP contribution in [0.4, 0.5) is 11.5 Å². The molecule has 1 saturated heterocycles. The summed E-state index contributed by atoms with van der Waals surface area (Å²) >= 11 is 0. The molecular formula is C25H27N5O3. The summed E-state index contributed by atoms with van der Waals surface area (Å²) in [5.41, 5.74) is 6.58. The number of aromatic nitrogens is 2. The highest BCUT2D eigenvalue weighted by atomic mass is 16.6. The van der Waals surface area contributed by atoms with E-state index < -0.39 is 4.92 Å². The Balaban J connectivity index is 1.42. The summed E-state index contributed by atoms with van der Waals surface area (Å²) in [6, 6.07) is 12.8. The number of hydrogen-bond acceptors (Lipinski definition) is 6. The lowest BCUT2D eigenvalue weighted by molar-refractivity contribution is -0.385. The van der Waals surface area contributed by atoms with Gasteiger partial charge >= 0.3 is 0 Å². The first-order valence-electron chi connectivity index (χ1n) is 11.0. The molecule has 3 aromatic rings. The molecule has 1 aromatic heterocycles. The molecular weight excluding hydrogens is 418 g/mol. The van der Waals surface area contributed by atoms with Crippen molar-refractivity contribution in [2.24, 2.45) is 0 Å². The van der Waals surface area contributed by atoms with Gasteiger partial charge in [0, 0.05) is 48.9 Å². The number of benzene rings is 2. The normalized spacial score (nSPS) is 13.8. The molecule has 0 unspecified atom stereocenters. The Morgan fingerprint density at radius 3 is 2.15 bits per heavy atom. The maximum atomic E-state index is 12.9. The molecule has 8 heteroatoms. The average molecular weight is 446 g/mol.